The van der Waals surface area contributed by atoms with Crippen molar-refractivity contribution in [3.8, 4) is 0 Å². The lowest BCUT2D eigenvalue weighted by atomic mass is 9.81. The van der Waals surface area contributed by atoms with Gasteiger partial charge in [-0.3, -0.25) is 0 Å². The van der Waals surface area contributed by atoms with Gasteiger partial charge in [0.15, 0.2) is 0 Å². The molecule has 2 amide bonds. The van der Waals surface area contributed by atoms with Crippen molar-refractivity contribution in [1.29, 1.82) is 0 Å². The molecule has 0 saturated heterocycles. The van der Waals surface area contributed by atoms with E-state index in [1.54, 1.807) is 12.1 Å². The second kappa shape index (κ2) is 6.93. The lowest BCUT2D eigenvalue weighted by molar-refractivity contribution is 0.145. The first-order chi connectivity index (χ1) is 11.5. The molecule has 1 aliphatic carbocycles. The molecule has 0 bridgehead atoms. The summed E-state index contributed by atoms with van der Waals surface area (Å²) < 4.78 is 18.6. The molecule has 1 aromatic carbocycles. The molecule has 0 radical (unpaired) electrons. The van der Waals surface area contributed by atoms with Gasteiger partial charge in [0.1, 0.15) is 5.82 Å². The lowest BCUT2D eigenvalue weighted by Crippen LogP contribution is -2.42. The molecule has 1 aliphatic heterocycles. The molecule has 1 atom stereocenters. The van der Waals surface area contributed by atoms with Crippen LogP contribution in [0, 0.1) is 11.2 Å². The van der Waals surface area contributed by atoms with E-state index >= 15 is 0 Å². The summed E-state index contributed by atoms with van der Waals surface area (Å²) in [5.74, 6) is -0.217. The number of benzene rings is 1. The minimum absolute atomic E-state index is 0.0361. The van der Waals surface area contributed by atoms with Crippen LogP contribution in [0.4, 0.5) is 9.18 Å². The van der Waals surface area contributed by atoms with Crippen molar-refractivity contribution in [3.63, 3.8) is 0 Å². The van der Waals surface area contributed by atoms with Gasteiger partial charge in [-0.05, 0) is 42.5 Å². The molecule has 2 aliphatic rings. The number of carbonyl (C=O) groups excluding carboxylic acids is 1. The van der Waals surface area contributed by atoms with Gasteiger partial charge in [0.2, 0.25) is 0 Å². The van der Waals surface area contributed by atoms with Crippen molar-refractivity contribution in [3.05, 3.63) is 46.8 Å². The van der Waals surface area contributed by atoms with Crippen molar-refractivity contribution < 1.29 is 13.9 Å². The summed E-state index contributed by atoms with van der Waals surface area (Å²) in [5, 5.41) is 6.00. The van der Waals surface area contributed by atoms with Crippen LogP contribution in [0.5, 0.6) is 0 Å². The second-order valence-electron chi connectivity index (χ2n) is 7.20. The number of nitrogens with one attached hydrogen (secondary N) is 2. The third kappa shape index (κ3) is 3.78. The Morgan fingerprint density at radius 3 is 2.96 bits per heavy atom. The van der Waals surface area contributed by atoms with Crippen molar-refractivity contribution in [1.82, 2.24) is 10.6 Å². The zero-order chi connectivity index (χ0) is 17.2. The molecule has 2 N–H and O–H groups in total. The van der Waals surface area contributed by atoms with Crippen LogP contribution in [-0.2, 0) is 11.2 Å². The molecular weight excluding hydrogens is 307 g/mol. The fourth-order valence-electron chi connectivity index (χ4n) is 3.50. The first kappa shape index (κ1) is 17.0. The number of fused-ring (bicyclic) bond motifs is 1. The summed E-state index contributed by atoms with van der Waals surface area (Å²) in [5.41, 5.74) is 3.26. The van der Waals surface area contributed by atoms with Gasteiger partial charge in [-0.25, -0.2) is 9.18 Å². The maximum Gasteiger partial charge on any atom is 0.315 e. The highest BCUT2D eigenvalue weighted by atomic mass is 19.1. The van der Waals surface area contributed by atoms with E-state index in [0.717, 1.165) is 37.0 Å². The second-order valence-corrected chi connectivity index (χ2v) is 7.20. The van der Waals surface area contributed by atoms with Crippen molar-refractivity contribution in [2.75, 3.05) is 19.8 Å². The zero-order valence-electron chi connectivity index (χ0n) is 14.3. The summed E-state index contributed by atoms with van der Waals surface area (Å²) in [6.07, 6.45) is 4.65. The molecular formula is C19H25FN2O2. The van der Waals surface area contributed by atoms with Gasteiger partial charge in [-0.15, -0.1) is 0 Å². The molecule has 1 heterocycles. The molecule has 3 rings (SSSR count). The predicted molar refractivity (Wildman–Crippen MR) is 91.3 cm³/mol. The monoisotopic (exact) mass is 332 g/mol. The molecule has 0 aromatic heterocycles. The van der Waals surface area contributed by atoms with Gasteiger partial charge in [-0.1, -0.05) is 31.6 Å². The van der Waals surface area contributed by atoms with E-state index in [9.17, 15) is 9.18 Å². The van der Waals surface area contributed by atoms with E-state index in [2.05, 4.69) is 30.6 Å². The van der Waals surface area contributed by atoms with E-state index < -0.39 is 0 Å². The van der Waals surface area contributed by atoms with Crippen LogP contribution in [0.3, 0.4) is 0 Å². The smallest absolute Gasteiger partial charge is 0.315 e. The summed E-state index contributed by atoms with van der Waals surface area (Å²) in [7, 11) is 0. The Labute approximate surface area is 142 Å². The van der Waals surface area contributed by atoms with Crippen LogP contribution >= 0.6 is 0 Å². The topological polar surface area (TPSA) is 50.4 Å². The van der Waals surface area contributed by atoms with E-state index in [1.165, 1.54) is 11.6 Å². The average molecular weight is 332 g/mol. The summed E-state index contributed by atoms with van der Waals surface area (Å²) in [4.78, 5) is 12.3. The molecule has 4 nitrogen and oxygen atoms in total. The van der Waals surface area contributed by atoms with Crippen LogP contribution in [-0.4, -0.2) is 25.8 Å². The standard InChI is InChI=1S/C19H25FN2O2/c1-19(2,14-7-9-24-10-8-14)12-21-18(23)22-17-6-3-13-11-15(20)4-5-16(13)17/h4-5,7,11,17H,3,6,8-10,12H2,1-2H3,(H2,21,22,23)/t17-/m1/s1. The number of rotatable bonds is 4. The Hall–Kier alpha value is -1.88. The van der Waals surface area contributed by atoms with Crippen molar-refractivity contribution in [2.45, 2.75) is 39.2 Å². The van der Waals surface area contributed by atoms with E-state index in [-0.39, 0.29) is 23.3 Å². The largest absolute Gasteiger partial charge is 0.377 e. The SMILES string of the molecule is CC(C)(CNC(=O)N[C@@H]1CCc2cc(F)ccc21)C1=CCOCC1. The molecule has 0 fully saturated rings. The molecule has 1 aromatic rings. The van der Waals surface area contributed by atoms with Gasteiger partial charge in [0.05, 0.1) is 19.3 Å². The highest BCUT2D eigenvalue weighted by molar-refractivity contribution is 5.74. The Morgan fingerprint density at radius 1 is 1.38 bits per heavy atom. The highest BCUT2D eigenvalue weighted by Gasteiger charge is 2.27. The molecule has 24 heavy (non-hydrogen) atoms. The van der Waals surface area contributed by atoms with Gasteiger partial charge >= 0.3 is 6.03 Å². The number of amides is 2. The third-order valence-electron chi connectivity index (χ3n) is 5.01. The normalized spacial score (nSPS) is 20.3. The Balaban J connectivity index is 1.54. The Kier molecular flexibility index (Phi) is 4.90. The fourth-order valence-corrected chi connectivity index (χ4v) is 3.50. The third-order valence-corrected chi connectivity index (χ3v) is 5.01. The molecule has 130 valence electrons. The molecule has 0 spiro atoms. The predicted octanol–water partition coefficient (Wildman–Crippen LogP) is 3.49. The number of hydrogen-bond acceptors (Lipinski definition) is 2. The number of aryl methyl sites for hydroxylation is 1. The Morgan fingerprint density at radius 2 is 2.21 bits per heavy atom. The summed E-state index contributed by atoms with van der Waals surface area (Å²) >= 11 is 0. The van der Waals surface area contributed by atoms with E-state index in [0.29, 0.717) is 13.2 Å². The first-order valence-corrected chi connectivity index (χ1v) is 8.56. The number of urea groups is 1. The molecule has 0 saturated carbocycles. The quantitative estimate of drug-likeness (QED) is 0.829. The molecule has 5 heteroatoms. The van der Waals surface area contributed by atoms with Crippen LogP contribution in [0.15, 0.2) is 29.8 Å². The summed E-state index contributed by atoms with van der Waals surface area (Å²) in [6, 6.07) is 4.59. The number of ether oxygens (including phenoxy) is 1. The zero-order valence-corrected chi connectivity index (χ0v) is 14.3. The van der Waals surface area contributed by atoms with Crippen LogP contribution < -0.4 is 10.6 Å². The molecule has 0 unspecified atom stereocenters. The van der Waals surface area contributed by atoms with Crippen molar-refractivity contribution >= 4 is 6.03 Å². The van der Waals surface area contributed by atoms with E-state index in [1.807, 2.05) is 0 Å². The van der Waals surface area contributed by atoms with Gasteiger partial charge in [-0.2, -0.15) is 0 Å². The van der Waals surface area contributed by atoms with Crippen LogP contribution in [0.25, 0.3) is 0 Å². The minimum Gasteiger partial charge on any atom is -0.377 e. The first-order valence-electron chi connectivity index (χ1n) is 8.56. The van der Waals surface area contributed by atoms with Crippen molar-refractivity contribution in [2.24, 2.45) is 5.41 Å². The summed E-state index contributed by atoms with van der Waals surface area (Å²) in [6.45, 7) is 6.25. The number of carbonyl (C=O) groups is 1. The van der Waals surface area contributed by atoms with E-state index in [4.69, 9.17) is 4.74 Å². The van der Waals surface area contributed by atoms with Gasteiger partial charge < -0.3 is 15.4 Å². The average Bonchev–Trinajstić information content (AvgIpc) is 2.96. The Bertz CT molecular complexity index is 655. The van der Waals surface area contributed by atoms with Crippen LogP contribution in [0.2, 0.25) is 0 Å². The fraction of sp³-hybridized carbons (Fsp3) is 0.526. The van der Waals surface area contributed by atoms with Gasteiger partial charge in [0, 0.05) is 12.0 Å². The maximum atomic E-state index is 13.3. The number of halogens is 1. The number of hydrogen-bond donors (Lipinski definition) is 2. The highest BCUT2D eigenvalue weighted by Crippen LogP contribution is 2.32. The van der Waals surface area contributed by atoms with Crippen LogP contribution in [0.1, 0.15) is 43.9 Å². The maximum absolute atomic E-state index is 13.3. The lowest BCUT2D eigenvalue weighted by Gasteiger charge is -2.31. The van der Waals surface area contributed by atoms with Gasteiger partial charge in [0.25, 0.3) is 0 Å². The minimum atomic E-state index is -0.217.